The predicted molar refractivity (Wildman–Crippen MR) is 66.8 cm³/mol. The number of halogens is 1. The number of anilines is 1. The van der Waals surface area contributed by atoms with E-state index in [2.05, 4.69) is 4.90 Å². The van der Waals surface area contributed by atoms with Crippen LogP contribution in [0, 0.1) is 5.82 Å². The van der Waals surface area contributed by atoms with E-state index in [0.29, 0.717) is 6.61 Å². The van der Waals surface area contributed by atoms with Crippen LogP contribution >= 0.6 is 0 Å². The Balaban J connectivity index is 1.83. The Kier molecular flexibility index (Phi) is 4.15. The lowest BCUT2D eigenvalue weighted by Crippen LogP contribution is -2.25. The van der Waals surface area contributed by atoms with Gasteiger partial charge in [-0.1, -0.05) is 0 Å². The molecule has 18 heavy (non-hydrogen) atoms. The van der Waals surface area contributed by atoms with E-state index in [1.165, 1.54) is 25.0 Å². The molecule has 2 rings (SSSR count). The smallest absolute Gasteiger partial charge is 0.340 e. The molecule has 1 aromatic carbocycles. The maximum absolute atomic E-state index is 12.8. The lowest BCUT2D eigenvalue weighted by atomic mass is 10.2. The highest BCUT2D eigenvalue weighted by Crippen LogP contribution is 2.14. The summed E-state index contributed by atoms with van der Waals surface area (Å²) in [6.45, 7) is 3.22. The minimum absolute atomic E-state index is 0.112. The van der Waals surface area contributed by atoms with Crippen LogP contribution in [0.15, 0.2) is 18.2 Å². The summed E-state index contributed by atoms with van der Waals surface area (Å²) < 4.78 is 18.0. The Hall–Kier alpha value is -1.62. The van der Waals surface area contributed by atoms with E-state index >= 15 is 0 Å². The maximum Gasteiger partial charge on any atom is 0.340 e. The normalized spacial score (nSPS) is 15.8. The maximum atomic E-state index is 12.8. The Morgan fingerprint density at radius 2 is 2.11 bits per heavy atom. The van der Waals surface area contributed by atoms with Crippen molar-refractivity contribution in [2.24, 2.45) is 0 Å². The Labute approximate surface area is 106 Å². The monoisotopic (exact) mass is 252 g/mol. The zero-order valence-electron chi connectivity index (χ0n) is 10.2. The first-order valence-corrected chi connectivity index (χ1v) is 6.11. The van der Waals surface area contributed by atoms with E-state index in [-0.39, 0.29) is 11.3 Å². The number of hydrogen-bond acceptors (Lipinski definition) is 4. The molecule has 1 saturated heterocycles. The van der Waals surface area contributed by atoms with Crippen LogP contribution in [0.3, 0.4) is 0 Å². The van der Waals surface area contributed by atoms with Gasteiger partial charge >= 0.3 is 5.97 Å². The van der Waals surface area contributed by atoms with Gasteiger partial charge in [-0.05, 0) is 44.1 Å². The van der Waals surface area contributed by atoms with Crippen molar-refractivity contribution in [2.45, 2.75) is 12.8 Å². The second-order valence-electron chi connectivity index (χ2n) is 4.42. The summed E-state index contributed by atoms with van der Waals surface area (Å²) in [6, 6.07) is 3.67. The molecular weight excluding hydrogens is 235 g/mol. The van der Waals surface area contributed by atoms with E-state index in [1.807, 2.05) is 0 Å². The van der Waals surface area contributed by atoms with Crippen LogP contribution < -0.4 is 5.73 Å². The van der Waals surface area contributed by atoms with Crippen molar-refractivity contribution in [3.8, 4) is 0 Å². The standard InChI is InChI=1S/C13H17FN2O2/c14-10-3-4-11(12(15)9-10)13(17)18-8-7-16-5-1-2-6-16/h3-4,9H,1-2,5-8,15H2. The van der Waals surface area contributed by atoms with Crippen molar-refractivity contribution >= 4 is 11.7 Å². The summed E-state index contributed by atoms with van der Waals surface area (Å²) in [6.07, 6.45) is 2.41. The van der Waals surface area contributed by atoms with Crippen LogP contribution in [-0.4, -0.2) is 37.1 Å². The van der Waals surface area contributed by atoms with Crippen LogP contribution in [-0.2, 0) is 4.74 Å². The number of carbonyl (C=O) groups excluding carboxylic acids is 1. The van der Waals surface area contributed by atoms with E-state index in [4.69, 9.17) is 10.5 Å². The molecule has 1 fully saturated rings. The number of nitrogens with zero attached hydrogens (tertiary/aromatic N) is 1. The number of rotatable bonds is 4. The summed E-state index contributed by atoms with van der Waals surface area (Å²) in [4.78, 5) is 14.0. The molecule has 4 nitrogen and oxygen atoms in total. The largest absolute Gasteiger partial charge is 0.461 e. The van der Waals surface area contributed by atoms with Crippen LogP contribution in [0.5, 0.6) is 0 Å². The molecule has 0 aliphatic carbocycles. The molecule has 0 radical (unpaired) electrons. The molecule has 0 bridgehead atoms. The van der Waals surface area contributed by atoms with Gasteiger partial charge < -0.3 is 10.5 Å². The number of esters is 1. The van der Waals surface area contributed by atoms with Crippen molar-refractivity contribution in [1.82, 2.24) is 4.90 Å². The van der Waals surface area contributed by atoms with Gasteiger partial charge in [0.1, 0.15) is 12.4 Å². The molecule has 0 amide bonds. The first kappa shape index (κ1) is 12.8. The highest BCUT2D eigenvalue weighted by molar-refractivity contribution is 5.94. The summed E-state index contributed by atoms with van der Waals surface area (Å²) in [5.74, 6) is -0.951. The summed E-state index contributed by atoms with van der Waals surface area (Å²) in [5.41, 5.74) is 5.90. The van der Waals surface area contributed by atoms with Crippen LogP contribution in [0.4, 0.5) is 10.1 Å². The average Bonchev–Trinajstić information content (AvgIpc) is 2.81. The zero-order valence-corrected chi connectivity index (χ0v) is 10.2. The SMILES string of the molecule is Nc1cc(F)ccc1C(=O)OCCN1CCCC1. The summed E-state index contributed by atoms with van der Waals surface area (Å²) in [5, 5.41) is 0. The minimum Gasteiger partial charge on any atom is -0.461 e. The molecule has 0 saturated carbocycles. The van der Waals surface area contributed by atoms with Crippen LogP contribution in [0.1, 0.15) is 23.2 Å². The van der Waals surface area contributed by atoms with Crippen molar-refractivity contribution in [3.05, 3.63) is 29.6 Å². The second kappa shape index (κ2) is 5.82. The first-order chi connectivity index (χ1) is 8.66. The van der Waals surface area contributed by atoms with Gasteiger partial charge in [0.05, 0.1) is 5.56 Å². The Morgan fingerprint density at radius 1 is 1.39 bits per heavy atom. The molecule has 0 unspecified atom stereocenters. The van der Waals surface area contributed by atoms with Gasteiger partial charge in [-0.3, -0.25) is 4.90 Å². The molecule has 98 valence electrons. The minimum atomic E-state index is -0.494. The van der Waals surface area contributed by atoms with Gasteiger partial charge in [0.25, 0.3) is 0 Å². The molecule has 0 aromatic heterocycles. The number of nitrogen functional groups attached to an aromatic ring is 1. The number of hydrogen-bond donors (Lipinski definition) is 1. The molecular formula is C13H17FN2O2. The van der Waals surface area contributed by atoms with E-state index in [1.54, 1.807) is 0 Å². The molecule has 2 N–H and O–H groups in total. The van der Waals surface area contributed by atoms with Gasteiger partial charge in [-0.25, -0.2) is 9.18 Å². The molecule has 5 heteroatoms. The Morgan fingerprint density at radius 3 is 2.78 bits per heavy atom. The van der Waals surface area contributed by atoms with Crippen molar-refractivity contribution in [1.29, 1.82) is 0 Å². The first-order valence-electron chi connectivity index (χ1n) is 6.11. The van der Waals surface area contributed by atoms with Gasteiger partial charge in [0.2, 0.25) is 0 Å². The third kappa shape index (κ3) is 3.20. The number of likely N-dealkylation sites (tertiary alicyclic amines) is 1. The topological polar surface area (TPSA) is 55.6 Å². The average molecular weight is 252 g/mol. The molecule has 1 aromatic rings. The zero-order chi connectivity index (χ0) is 13.0. The molecule has 1 aliphatic heterocycles. The molecule has 1 heterocycles. The number of nitrogens with two attached hydrogens (primary N) is 1. The number of benzene rings is 1. The summed E-state index contributed by atoms with van der Waals surface area (Å²) >= 11 is 0. The molecule has 0 spiro atoms. The lowest BCUT2D eigenvalue weighted by Gasteiger charge is -2.14. The fourth-order valence-corrected chi connectivity index (χ4v) is 2.07. The van der Waals surface area contributed by atoms with Crippen molar-refractivity contribution < 1.29 is 13.9 Å². The highest BCUT2D eigenvalue weighted by atomic mass is 19.1. The fraction of sp³-hybridized carbons (Fsp3) is 0.462. The second-order valence-corrected chi connectivity index (χ2v) is 4.42. The van der Waals surface area contributed by atoms with E-state index in [0.717, 1.165) is 25.7 Å². The van der Waals surface area contributed by atoms with Crippen LogP contribution in [0.25, 0.3) is 0 Å². The Bertz CT molecular complexity index is 431. The van der Waals surface area contributed by atoms with Crippen molar-refractivity contribution in [3.63, 3.8) is 0 Å². The van der Waals surface area contributed by atoms with Gasteiger partial charge in [0.15, 0.2) is 0 Å². The van der Waals surface area contributed by atoms with Crippen LogP contribution in [0.2, 0.25) is 0 Å². The highest BCUT2D eigenvalue weighted by Gasteiger charge is 2.14. The lowest BCUT2D eigenvalue weighted by molar-refractivity contribution is 0.0473. The quantitative estimate of drug-likeness (QED) is 0.654. The third-order valence-electron chi connectivity index (χ3n) is 3.07. The fourth-order valence-electron chi connectivity index (χ4n) is 2.07. The van der Waals surface area contributed by atoms with Gasteiger partial charge in [-0.2, -0.15) is 0 Å². The van der Waals surface area contributed by atoms with E-state index in [9.17, 15) is 9.18 Å². The number of ether oxygens (including phenoxy) is 1. The molecule has 0 atom stereocenters. The predicted octanol–water partition coefficient (Wildman–Crippen LogP) is 1.66. The van der Waals surface area contributed by atoms with Crippen molar-refractivity contribution in [2.75, 3.05) is 32.0 Å². The summed E-state index contributed by atoms with van der Waals surface area (Å²) in [7, 11) is 0. The third-order valence-corrected chi connectivity index (χ3v) is 3.07. The number of carbonyl (C=O) groups is 1. The molecule has 1 aliphatic rings. The van der Waals surface area contributed by atoms with Gasteiger partial charge in [-0.15, -0.1) is 0 Å². The van der Waals surface area contributed by atoms with E-state index < -0.39 is 11.8 Å². The van der Waals surface area contributed by atoms with Gasteiger partial charge in [0, 0.05) is 12.2 Å².